The Hall–Kier alpha value is -2.19. The van der Waals surface area contributed by atoms with Crippen LogP contribution in [0.3, 0.4) is 0 Å². The summed E-state index contributed by atoms with van der Waals surface area (Å²) in [5, 5.41) is 3.10. The van der Waals surface area contributed by atoms with E-state index >= 15 is 0 Å². The van der Waals surface area contributed by atoms with E-state index in [0.717, 1.165) is 0 Å². The van der Waals surface area contributed by atoms with E-state index in [0.29, 0.717) is 39.3 Å². The SMILES string of the molecule is CCNc1nc2ccccn2c(=O)c1/C=C1\SC(=S)N(CC)C1=O. The van der Waals surface area contributed by atoms with E-state index in [1.165, 1.54) is 21.1 Å². The number of carbonyl (C=O) groups is 1. The molecular formula is C16H16N4O2S2. The third-order valence-corrected chi connectivity index (χ3v) is 4.96. The molecule has 0 spiro atoms. The number of hydrogen-bond acceptors (Lipinski definition) is 6. The Kier molecular flexibility index (Phi) is 4.68. The molecule has 1 aliphatic heterocycles. The van der Waals surface area contributed by atoms with Crippen LogP contribution in [-0.2, 0) is 4.79 Å². The van der Waals surface area contributed by atoms with Crippen LogP contribution in [0.15, 0.2) is 34.1 Å². The first-order valence-electron chi connectivity index (χ1n) is 7.57. The number of hydrogen-bond donors (Lipinski definition) is 1. The molecule has 2 aromatic heterocycles. The predicted molar refractivity (Wildman–Crippen MR) is 101 cm³/mol. The highest BCUT2D eigenvalue weighted by Gasteiger charge is 2.31. The summed E-state index contributed by atoms with van der Waals surface area (Å²) in [5.74, 6) is 0.294. The summed E-state index contributed by atoms with van der Waals surface area (Å²) in [6, 6.07) is 5.36. The molecule has 124 valence electrons. The molecule has 0 unspecified atom stereocenters. The molecule has 0 atom stereocenters. The van der Waals surface area contributed by atoms with E-state index < -0.39 is 0 Å². The van der Waals surface area contributed by atoms with Crippen molar-refractivity contribution in [1.29, 1.82) is 0 Å². The van der Waals surface area contributed by atoms with E-state index in [1.54, 1.807) is 24.4 Å². The van der Waals surface area contributed by atoms with Crippen LogP contribution in [0.1, 0.15) is 19.4 Å². The summed E-state index contributed by atoms with van der Waals surface area (Å²) in [6.45, 7) is 4.92. The Labute approximate surface area is 148 Å². The van der Waals surface area contributed by atoms with Gasteiger partial charge >= 0.3 is 0 Å². The second-order valence-corrected chi connectivity index (χ2v) is 6.74. The number of fused-ring (bicyclic) bond motifs is 1. The second-order valence-electron chi connectivity index (χ2n) is 5.06. The number of carbonyl (C=O) groups excluding carboxylic acids is 1. The first-order chi connectivity index (χ1) is 11.6. The minimum absolute atomic E-state index is 0.174. The van der Waals surface area contributed by atoms with Crippen LogP contribution in [-0.4, -0.2) is 37.6 Å². The zero-order chi connectivity index (χ0) is 17.3. The number of nitrogens with one attached hydrogen (secondary N) is 1. The number of thiocarbonyl (C=S) groups is 1. The van der Waals surface area contributed by atoms with Gasteiger partial charge in [0.25, 0.3) is 11.5 Å². The number of anilines is 1. The van der Waals surface area contributed by atoms with Crippen molar-refractivity contribution in [3.63, 3.8) is 0 Å². The molecule has 1 aliphatic rings. The van der Waals surface area contributed by atoms with Gasteiger partial charge in [-0.05, 0) is 32.1 Å². The summed E-state index contributed by atoms with van der Waals surface area (Å²) in [5.41, 5.74) is 0.687. The fourth-order valence-electron chi connectivity index (χ4n) is 2.44. The number of pyridine rings is 1. The van der Waals surface area contributed by atoms with Gasteiger partial charge < -0.3 is 5.32 Å². The van der Waals surface area contributed by atoms with Gasteiger partial charge in [0.2, 0.25) is 0 Å². The number of nitrogens with zero attached hydrogens (tertiary/aromatic N) is 3. The van der Waals surface area contributed by atoms with Crippen LogP contribution < -0.4 is 10.9 Å². The average molecular weight is 360 g/mol. The largest absolute Gasteiger partial charge is 0.370 e. The minimum atomic E-state index is -0.224. The fourth-order valence-corrected chi connectivity index (χ4v) is 3.80. The van der Waals surface area contributed by atoms with Gasteiger partial charge in [0, 0.05) is 19.3 Å². The average Bonchev–Trinajstić information content (AvgIpc) is 2.84. The smallest absolute Gasteiger partial charge is 0.267 e. The van der Waals surface area contributed by atoms with Crippen LogP contribution in [0.4, 0.5) is 5.82 Å². The number of aromatic nitrogens is 2. The first kappa shape index (κ1) is 16.7. The van der Waals surface area contributed by atoms with Crippen molar-refractivity contribution in [2.75, 3.05) is 18.4 Å². The van der Waals surface area contributed by atoms with Crippen molar-refractivity contribution in [2.45, 2.75) is 13.8 Å². The Morgan fingerprint density at radius 3 is 2.79 bits per heavy atom. The van der Waals surface area contributed by atoms with Crippen molar-refractivity contribution >= 4 is 51.7 Å². The summed E-state index contributed by atoms with van der Waals surface area (Å²) < 4.78 is 1.97. The monoisotopic (exact) mass is 360 g/mol. The zero-order valence-electron chi connectivity index (χ0n) is 13.3. The molecule has 0 saturated carbocycles. The van der Waals surface area contributed by atoms with Gasteiger partial charge in [-0.15, -0.1) is 0 Å². The third-order valence-electron chi connectivity index (χ3n) is 3.58. The fraction of sp³-hybridized carbons (Fsp3) is 0.250. The predicted octanol–water partition coefficient (Wildman–Crippen LogP) is 2.35. The Balaban J connectivity index is 2.18. The van der Waals surface area contributed by atoms with E-state index in [2.05, 4.69) is 10.3 Å². The molecular weight excluding hydrogens is 344 g/mol. The molecule has 24 heavy (non-hydrogen) atoms. The van der Waals surface area contributed by atoms with Crippen molar-refractivity contribution < 1.29 is 4.79 Å². The molecule has 3 rings (SSSR count). The van der Waals surface area contributed by atoms with Crippen molar-refractivity contribution in [3.05, 3.63) is 45.2 Å². The van der Waals surface area contributed by atoms with E-state index in [9.17, 15) is 9.59 Å². The van der Waals surface area contributed by atoms with Gasteiger partial charge in [0.15, 0.2) is 0 Å². The maximum absolute atomic E-state index is 12.8. The lowest BCUT2D eigenvalue weighted by Gasteiger charge is -2.10. The Morgan fingerprint density at radius 1 is 1.33 bits per heavy atom. The molecule has 1 amide bonds. The first-order valence-corrected chi connectivity index (χ1v) is 8.80. The van der Waals surface area contributed by atoms with Crippen molar-refractivity contribution in [2.24, 2.45) is 0 Å². The highest BCUT2D eigenvalue weighted by molar-refractivity contribution is 8.26. The number of rotatable bonds is 4. The lowest BCUT2D eigenvalue weighted by molar-refractivity contribution is -0.121. The van der Waals surface area contributed by atoms with Crippen molar-refractivity contribution in [3.8, 4) is 0 Å². The highest BCUT2D eigenvalue weighted by Crippen LogP contribution is 2.32. The minimum Gasteiger partial charge on any atom is -0.370 e. The molecule has 6 nitrogen and oxygen atoms in total. The quantitative estimate of drug-likeness (QED) is 0.667. The van der Waals surface area contributed by atoms with Crippen LogP contribution in [0.2, 0.25) is 0 Å². The van der Waals surface area contributed by atoms with Gasteiger partial charge in [-0.25, -0.2) is 4.98 Å². The molecule has 0 radical (unpaired) electrons. The molecule has 1 fully saturated rings. The lowest BCUT2D eigenvalue weighted by atomic mass is 10.2. The molecule has 0 aliphatic carbocycles. The van der Waals surface area contributed by atoms with Crippen LogP contribution in [0.25, 0.3) is 11.7 Å². The highest BCUT2D eigenvalue weighted by atomic mass is 32.2. The van der Waals surface area contributed by atoms with Gasteiger partial charge in [-0.1, -0.05) is 30.0 Å². The molecule has 2 aromatic rings. The van der Waals surface area contributed by atoms with Gasteiger partial charge in [-0.3, -0.25) is 18.9 Å². The number of thioether (sulfide) groups is 1. The Morgan fingerprint density at radius 2 is 2.12 bits per heavy atom. The van der Waals surface area contributed by atoms with E-state index in [-0.39, 0.29) is 11.5 Å². The Bertz CT molecular complexity index is 920. The van der Waals surface area contributed by atoms with Crippen molar-refractivity contribution in [1.82, 2.24) is 14.3 Å². The summed E-state index contributed by atoms with van der Waals surface area (Å²) in [4.78, 5) is 31.7. The van der Waals surface area contributed by atoms with E-state index in [1.807, 2.05) is 19.9 Å². The second kappa shape index (κ2) is 6.74. The molecule has 3 heterocycles. The molecule has 0 bridgehead atoms. The van der Waals surface area contributed by atoms with Crippen LogP contribution >= 0.6 is 24.0 Å². The standard InChI is InChI=1S/C16H16N4O2S2/c1-3-17-13-10(9-11-15(22)19(4-2)16(23)24-11)14(21)20-8-6-5-7-12(20)18-13/h5-9,17H,3-4H2,1-2H3/b11-9-. The maximum Gasteiger partial charge on any atom is 0.267 e. The molecule has 1 N–H and O–H groups in total. The van der Waals surface area contributed by atoms with Crippen LogP contribution in [0, 0.1) is 0 Å². The topological polar surface area (TPSA) is 66.7 Å². The summed E-state index contributed by atoms with van der Waals surface area (Å²) >= 11 is 6.42. The third kappa shape index (κ3) is 2.83. The normalized spacial score (nSPS) is 16.4. The summed E-state index contributed by atoms with van der Waals surface area (Å²) in [7, 11) is 0. The van der Waals surface area contributed by atoms with Gasteiger partial charge in [-0.2, -0.15) is 0 Å². The zero-order valence-corrected chi connectivity index (χ0v) is 14.9. The molecule has 1 saturated heterocycles. The summed E-state index contributed by atoms with van der Waals surface area (Å²) in [6.07, 6.45) is 3.25. The van der Waals surface area contributed by atoms with E-state index in [4.69, 9.17) is 12.2 Å². The number of amides is 1. The van der Waals surface area contributed by atoms with Gasteiger partial charge in [0.1, 0.15) is 15.8 Å². The molecule has 8 heteroatoms. The number of likely N-dealkylation sites (N-methyl/N-ethyl adjacent to an activating group) is 1. The van der Waals surface area contributed by atoms with Gasteiger partial charge in [0.05, 0.1) is 10.5 Å². The van der Waals surface area contributed by atoms with Crippen LogP contribution in [0.5, 0.6) is 0 Å². The lowest BCUT2D eigenvalue weighted by Crippen LogP contribution is -2.27. The molecule has 0 aromatic carbocycles. The maximum atomic E-state index is 12.8.